The second-order valence-electron chi connectivity index (χ2n) is 7.20. The van der Waals surface area contributed by atoms with Gasteiger partial charge in [-0.25, -0.2) is 0 Å². The lowest BCUT2D eigenvalue weighted by atomic mass is 9.89. The normalized spacial score (nSPS) is 12.0. The van der Waals surface area contributed by atoms with Crippen LogP contribution in [0.1, 0.15) is 66.5 Å². The molecule has 0 unspecified atom stereocenters. The summed E-state index contributed by atoms with van der Waals surface area (Å²) in [5, 5.41) is 0. The van der Waals surface area contributed by atoms with Crippen molar-refractivity contribution in [1.82, 2.24) is 0 Å². The number of aryl methyl sites for hydroxylation is 4. The highest BCUT2D eigenvalue weighted by Crippen LogP contribution is 2.30. The molecule has 0 aromatic heterocycles. The number of nitrogens with zero attached hydrogens (tertiary/aromatic N) is 1. The zero-order chi connectivity index (χ0) is 18.7. The highest BCUT2D eigenvalue weighted by molar-refractivity contribution is 6.03. The van der Waals surface area contributed by atoms with Crippen molar-refractivity contribution in [3.8, 4) is 5.75 Å². The largest absolute Gasteiger partial charge is 0.496 e. The molecule has 0 atom stereocenters. The molecule has 0 N–H and O–H groups in total. The molecule has 0 aliphatic rings. The van der Waals surface area contributed by atoms with Crippen molar-refractivity contribution in [2.45, 2.75) is 60.8 Å². The second-order valence-corrected chi connectivity index (χ2v) is 7.20. The Morgan fingerprint density at radius 2 is 1.48 bits per heavy atom. The molecule has 2 rings (SSSR count). The molecule has 0 fully saturated rings. The van der Waals surface area contributed by atoms with Crippen LogP contribution in [0.3, 0.4) is 0 Å². The highest BCUT2D eigenvalue weighted by atomic mass is 16.5. The van der Waals surface area contributed by atoms with Crippen LogP contribution < -0.4 is 4.74 Å². The number of benzene rings is 2. The molecule has 0 amide bonds. The summed E-state index contributed by atoms with van der Waals surface area (Å²) in [6.45, 7) is 15.2. The van der Waals surface area contributed by atoms with E-state index < -0.39 is 0 Å². The maximum absolute atomic E-state index is 5.48. The van der Waals surface area contributed by atoms with Gasteiger partial charge in [0.2, 0.25) is 0 Å². The summed E-state index contributed by atoms with van der Waals surface area (Å²) < 4.78 is 5.48. The van der Waals surface area contributed by atoms with E-state index in [0.717, 1.165) is 34.7 Å². The fourth-order valence-electron chi connectivity index (χ4n) is 3.37. The molecule has 0 spiro atoms. The van der Waals surface area contributed by atoms with Crippen molar-refractivity contribution in [1.29, 1.82) is 0 Å². The van der Waals surface area contributed by atoms with Gasteiger partial charge in [-0.2, -0.15) is 0 Å². The molecule has 2 heteroatoms. The Hall–Kier alpha value is -2.09. The fraction of sp³-hybridized carbons (Fsp3) is 0.435. The lowest BCUT2D eigenvalue weighted by molar-refractivity contribution is 0.408. The monoisotopic (exact) mass is 337 g/mol. The third-order valence-electron chi connectivity index (χ3n) is 4.85. The van der Waals surface area contributed by atoms with E-state index in [1.165, 1.54) is 22.3 Å². The number of rotatable bonds is 5. The summed E-state index contributed by atoms with van der Waals surface area (Å²) in [7, 11) is 1.72. The van der Waals surface area contributed by atoms with Crippen molar-refractivity contribution < 1.29 is 4.74 Å². The smallest absolute Gasteiger partial charge is 0.124 e. The van der Waals surface area contributed by atoms with Gasteiger partial charge in [0.25, 0.3) is 0 Å². The topological polar surface area (TPSA) is 21.6 Å². The molecule has 2 nitrogen and oxygen atoms in total. The zero-order valence-electron chi connectivity index (χ0n) is 16.9. The van der Waals surface area contributed by atoms with Crippen molar-refractivity contribution in [3.05, 3.63) is 57.6 Å². The first-order valence-electron chi connectivity index (χ1n) is 9.12. The van der Waals surface area contributed by atoms with Gasteiger partial charge in [0.05, 0.1) is 12.8 Å². The molecular weight excluding hydrogens is 306 g/mol. The van der Waals surface area contributed by atoms with Crippen LogP contribution in [0, 0.1) is 27.7 Å². The molecule has 0 bridgehead atoms. The minimum atomic E-state index is 0.477. The third-order valence-corrected chi connectivity index (χ3v) is 4.85. The van der Waals surface area contributed by atoms with Crippen LogP contribution >= 0.6 is 0 Å². The Balaban J connectivity index is 2.61. The van der Waals surface area contributed by atoms with Gasteiger partial charge < -0.3 is 4.74 Å². The molecule has 0 radical (unpaired) electrons. The van der Waals surface area contributed by atoms with Gasteiger partial charge in [-0.05, 0) is 91.6 Å². The number of methoxy groups -OCH3 is 1. The Morgan fingerprint density at radius 3 is 1.96 bits per heavy atom. The van der Waals surface area contributed by atoms with Crippen LogP contribution in [0.25, 0.3) is 0 Å². The molecule has 0 aliphatic heterocycles. The SMILES string of the molecule is CCC(=Nc1cc(C)c(OC)c(C)c1)c1cc(C)c(C)cc1C(C)C. The van der Waals surface area contributed by atoms with Crippen molar-refractivity contribution >= 4 is 11.4 Å². The van der Waals surface area contributed by atoms with Gasteiger partial charge in [0, 0.05) is 5.71 Å². The Morgan fingerprint density at radius 1 is 0.920 bits per heavy atom. The van der Waals surface area contributed by atoms with E-state index in [0.29, 0.717) is 5.92 Å². The van der Waals surface area contributed by atoms with Crippen LogP contribution in [0.15, 0.2) is 29.3 Å². The molecule has 0 aliphatic carbocycles. The summed E-state index contributed by atoms with van der Waals surface area (Å²) in [4.78, 5) is 5.02. The number of hydrogen-bond acceptors (Lipinski definition) is 2. The van der Waals surface area contributed by atoms with E-state index in [9.17, 15) is 0 Å². The molecule has 0 saturated heterocycles. The molecule has 2 aromatic rings. The maximum Gasteiger partial charge on any atom is 0.124 e. The van der Waals surface area contributed by atoms with E-state index in [4.69, 9.17) is 9.73 Å². The minimum absolute atomic E-state index is 0.477. The van der Waals surface area contributed by atoms with Crippen LogP contribution in [-0.4, -0.2) is 12.8 Å². The average Bonchev–Trinajstić information content (AvgIpc) is 2.54. The first-order chi connectivity index (χ1) is 11.8. The maximum atomic E-state index is 5.48. The third kappa shape index (κ3) is 4.12. The van der Waals surface area contributed by atoms with E-state index in [1.54, 1.807) is 7.11 Å². The Bertz CT molecular complexity index is 777. The van der Waals surface area contributed by atoms with Gasteiger partial charge in [-0.1, -0.05) is 26.8 Å². The summed E-state index contributed by atoms with van der Waals surface area (Å²) in [5.41, 5.74) is 9.73. The van der Waals surface area contributed by atoms with E-state index in [-0.39, 0.29) is 0 Å². The molecular formula is C23H31NO. The predicted octanol–water partition coefficient (Wildman–Crippen LogP) is 6.58. The molecule has 0 saturated carbocycles. The van der Waals surface area contributed by atoms with Crippen molar-refractivity contribution in [2.24, 2.45) is 4.99 Å². The van der Waals surface area contributed by atoms with E-state index in [2.05, 4.69) is 72.7 Å². The molecule has 134 valence electrons. The van der Waals surface area contributed by atoms with Crippen LogP contribution in [0.2, 0.25) is 0 Å². The number of ether oxygens (including phenoxy) is 1. The van der Waals surface area contributed by atoms with Gasteiger partial charge in [0.15, 0.2) is 0 Å². The van der Waals surface area contributed by atoms with Crippen LogP contribution in [-0.2, 0) is 0 Å². The van der Waals surface area contributed by atoms with Gasteiger partial charge in [0.1, 0.15) is 5.75 Å². The van der Waals surface area contributed by atoms with Crippen LogP contribution in [0.5, 0.6) is 5.75 Å². The predicted molar refractivity (Wildman–Crippen MR) is 109 cm³/mol. The summed E-state index contributed by atoms with van der Waals surface area (Å²) in [6, 6.07) is 8.84. The standard InChI is InChI=1S/C23H31NO/c1-9-22(21-13-16(5)15(4)12-20(21)14(2)3)24-19-10-17(6)23(25-8)18(7)11-19/h10-14H,9H2,1-8H3. The highest BCUT2D eigenvalue weighted by Gasteiger charge is 2.14. The van der Waals surface area contributed by atoms with Crippen molar-refractivity contribution in [3.63, 3.8) is 0 Å². The molecule has 2 aromatic carbocycles. The molecule has 25 heavy (non-hydrogen) atoms. The zero-order valence-corrected chi connectivity index (χ0v) is 16.9. The first-order valence-corrected chi connectivity index (χ1v) is 9.12. The summed E-state index contributed by atoms with van der Waals surface area (Å²) >= 11 is 0. The number of hydrogen-bond donors (Lipinski definition) is 0. The van der Waals surface area contributed by atoms with Gasteiger partial charge in [-0.15, -0.1) is 0 Å². The van der Waals surface area contributed by atoms with Gasteiger partial charge >= 0.3 is 0 Å². The summed E-state index contributed by atoms with van der Waals surface area (Å²) in [5.74, 6) is 1.43. The summed E-state index contributed by atoms with van der Waals surface area (Å²) in [6.07, 6.45) is 0.909. The van der Waals surface area contributed by atoms with E-state index in [1.807, 2.05) is 0 Å². The minimum Gasteiger partial charge on any atom is -0.496 e. The van der Waals surface area contributed by atoms with E-state index >= 15 is 0 Å². The lowest BCUT2D eigenvalue weighted by Crippen LogP contribution is -2.07. The van der Waals surface area contributed by atoms with Crippen LogP contribution in [0.4, 0.5) is 5.69 Å². The Kier molecular flexibility index (Phi) is 6.05. The average molecular weight is 338 g/mol. The molecule has 0 heterocycles. The first kappa shape index (κ1) is 19.2. The fourth-order valence-corrected chi connectivity index (χ4v) is 3.37. The van der Waals surface area contributed by atoms with Gasteiger partial charge in [-0.3, -0.25) is 4.99 Å². The quantitative estimate of drug-likeness (QED) is 0.564. The second kappa shape index (κ2) is 7.86. The Labute approximate surface area is 153 Å². The lowest BCUT2D eigenvalue weighted by Gasteiger charge is -2.17. The van der Waals surface area contributed by atoms with Crippen molar-refractivity contribution in [2.75, 3.05) is 7.11 Å². The number of aliphatic imine (C=N–C) groups is 1.